The van der Waals surface area contributed by atoms with E-state index in [1.807, 2.05) is 76.7 Å². The first-order valence-electron chi connectivity index (χ1n) is 9.80. The van der Waals surface area contributed by atoms with Crippen LogP contribution in [-0.4, -0.2) is 36.9 Å². The second-order valence-electron chi connectivity index (χ2n) is 8.82. The summed E-state index contributed by atoms with van der Waals surface area (Å²) in [4.78, 5) is 29.1. The molecule has 0 unspecified atom stereocenters. The highest BCUT2D eigenvalue weighted by Gasteiger charge is 2.30. The summed E-state index contributed by atoms with van der Waals surface area (Å²) in [6.45, 7) is 14.3. The number of amides is 2. The average molecular weight is 376 g/mol. The van der Waals surface area contributed by atoms with Crippen molar-refractivity contribution in [2.24, 2.45) is 11.3 Å². The number of nitrogens with one attached hydrogen (secondary N) is 1. The minimum Gasteiger partial charge on any atom is -0.377 e. The number of nitrogens with zero attached hydrogens (tertiary/aromatic N) is 2. The van der Waals surface area contributed by atoms with Gasteiger partial charge < -0.3 is 15.1 Å². The Morgan fingerprint density at radius 3 is 2.15 bits per heavy atom. The van der Waals surface area contributed by atoms with Crippen LogP contribution in [0.5, 0.6) is 0 Å². The average Bonchev–Trinajstić information content (AvgIpc) is 2.57. The number of benzene rings is 1. The van der Waals surface area contributed by atoms with Crippen LogP contribution >= 0.6 is 0 Å². The van der Waals surface area contributed by atoms with Crippen LogP contribution in [0.4, 0.5) is 11.4 Å². The monoisotopic (exact) mass is 375 g/mol. The lowest BCUT2D eigenvalue weighted by Crippen LogP contribution is -2.44. The molecule has 0 saturated heterocycles. The molecule has 1 N–H and O–H groups in total. The molecule has 0 spiro atoms. The number of carbonyl (C=O) groups is 2. The quantitative estimate of drug-likeness (QED) is 0.762. The predicted octanol–water partition coefficient (Wildman–Crippen LogP) is 4.52. The Hall–Kier alpha value is -2.04. The van der Waals surface area contributed by atoms with Gasteiger partial charge in [0.1, 0.15) is 0 Å². The van der Waals surface area contributed by atoms with Gasteiger partial charge in [-0.2, -0.15) is 0 Å². The Balaban J connectivity index is 3.29. The number of rotatable bonds is 7. The molecule has 0 aliphatic carbocycles. The van der Waals surface area contributed by atoms with E-state index in [1.54, 1.807) is 0 Å². The Bertz CT molecular complexity index is 660. The van der Waals surface area contributed by atoms with Gasteiger partial charge in [0, 0.05) is 49.4 Å². The third-order valence-electron chi connectivity index (χ3n) is 4.72. The maximum atomic E-state index is 13.0. The summed E-state index contributed by atoms with van der Waals surface area (Å²) >= 11 is 0. The van der Waals surface area contributed by atoms with Crippen LogP contribution in [-0.2, 0) is 16.1 Å². The first-order valence-corrected chi connectivity index (χ1v) is 9.80. The molecule has 0 aliphatic heterocycles. The molecule has 2 amide bonds. The third kappa shape index (κ3) is 6.26. The zero-order chi connectivity index (χ0) is 20.9. The minimum atomic E-state index is -0.439. The lowest BCUT2D eigenvalue weighted by atomic mass is 9.93. The lowest BCUT2D eigenvalue weighted by molar-refractivity contribution is -0.142. The van der Waals surface area contributed by atoms with Crippen LogP contribution in [0.1, 0.15) is 60.5 Å². The molecule has 0 aromatic heterocycles. The fourth-order valence-corrected chi connectivity index (χ4v) is 2.78. The Kier molecular flexibility index (Phi) is 7.88. The maximum absolute atomic E-state index is 13.0. The van der Waals surface area contributed by atoms with Gasteiger partial charge in [-0.1, -0.05) is 41.5 Å². The molecule has 0 aliphatic rings. The number of anilines is 2. The first-order chi connectivity index (χ1) is 12.4. The molecule has 1 rings (SSSR count). The molecule has 1 aromatic rings. The Morgan fingerprint density at radius 2 is 1.70 bits per heavy atom. The lowest BCUT2D eigenvalue weighted by Gasteiger charge is -2.35. The maximum Gasteiger partial charge on any atom is 0.228 e. The molecule has 0 radical (unpaired) electrons. The molecule has 1 atom stereocenters. The van der Waals surface area contributed by atoms with Gasteiger partial charge in [0.2, 0.25) is 11.8 Å². The van der Waals surface area contributed by atoms with Crippen LogP contribution in [0.2, 0.25) is 0 Å². The van der Waals surface area contributed by atoms with Crippen molar-refractivity contribution in [1.82, 2.24) is 4.90 Å². The highest BCUT2D eigenvalue weighted by molar-refractivity contribution is 5.92. The molecule has 5 nitrogen and oxygen atoms in total. The van der Waals surface area contributed by atoms with E-state index in [0.29, 0.717) is 6.54 Å². The minimum absolute atomic E-state index is 0.0110. The Morgan fingerprint density at radius 1 is 1.11 bits per heavy atom. The van der Waals surface area contributed by atoms with Crippen molar-refractivity contribution in [3.05, 3.63) is 23.8 Å². The smallest absolute Gasteiger partial charge is 0.228 e. The van der Waals surface area contributed by atoms with Crippen molar-refractivity contribution in [2.45, 2.75) is 67.5 Å². The Labute approximate surface area is 165 Å². The van der Waals surface area contributed by atoms with Crippen molar-refractivity contribution in [3.8, 4) is 0 Å². The highest BCUT2D eigenvalue weighted by atomic mass is 16.2. The largest absolute Gasteiger partial charge is 0.377 e. The highest BCUT2D eigenvalue weighted by Crippen LogP contribution is 2.28. The van der Waals surface area contributed by atoms with Gasteiger partial charge in [0.05, 0.1) is 0 Å². The van der Waals surface area contributed by atoms with Crippen molar-refractivity contribution in [1.29, 1.82) is 0 Å². The predicted molar refractivity (Wildman–Crippen MR) is 114 cm³/mol. The summed E-state index contributed by atoms with van der Waals surface area (Å²) in [5, 5.41) is 2.96. The van der Waals surface area contributed by atoms with E-state index in [0.717, 1.165) is 23.4 Å². The zero-order valence-electron chi connectivity index (χ0n) is 18.5. The summed E-state index contributed by atoms with van der Waals surface area (Å²) in [6, 6.07) is 6.04. The van der Waals surface area contributed by atoms with Crippen LogP contribution < -0.4 is 10.2 Å². The van der Waals surface area contributed by atoms with E-state index in [9.17, 15) is 9.59 Å². The number of hydrogen-bond donors (Lipinski definition) is 1. The van der Waals surface area contributed by atoms with Gasteiger partial charge in [-0.15, -0.1) is 0 Å². The summed E-state index contributed by atoms with van der Waals surface area (Å²) < 4.78 is 0. The van der Waals surface area contributed by atoms with E-state index >= 15 is 0 Å². The molecule has 1 aromatic carbocycles. The molecule has 0 fully saturated rings. The summed E-state index contributed by atoms with van der Waals surface area (Å²) in [6.07, 6.45) is 0.892. The molecular formula is C22H37N3O2. The fourth-order valence-electron chi connectivity index (χ4n) is 2.78. The molecule has 0 heterocycles. The molecule has 27 heavy (non-hydrogen) atoms. The normalized spacial score (nSPS) is 12.7. The molecular weight excluding hydrogens is 338 g/mol. The van der Waals surface area contributed by atoms with E-state index in [2.05, 4.69) is 19.2 Å². The first kappa shape index (κ1) is 23.0. The summed E-state index contributed by atoms with van der Waals surface area (Å²) in [5.74, 6) is 0.0438. The van der Waals surface area contributed by atoms with Gasteiger partial charge in [0.25, 0.3) is 0 Å². The second-order valence-corrected chi connectivity index (χ2v) is 8.82. The zero-order valence-corrected chi connectivity index (χ0v) is 18.5. The van der Waals surface area contributed by atoms with E-state index in [1.165, 1.54) is 0 Å². The second kappa shape index (κ2) is 9.25. The SMILES string of the molecule is CC[C@@H](C)N(Cc1cc(NC(=O)C(C)C)ccc1N(C)C)C(=O)C(C)(C)C. The molecule has 5 heteroatoms. The van der Waals surface area contributed by atoms with Gasteiger partial charge in [-0.05, 0) is 37.1 Å². The van der Waals surface area contributed by atoms with Crippen LogP contribution in [0.15, 0.2) is 18.2 Å². The van der Waals surface area contributed by atoms with Crippen LogP contribution in [0, 0.1) is 11.3 Å². The van der Waals surface area contributed by atoms with Crippen LogP contribution in [0.25, 0.3) is 0 Å². The topological polar surface area (TPSA) is 52.7 Å². The van der Waals surface area contributed by atoms with Gasteiger partial charge in [-0.3, -0.25) is 9.59 Å². The molecule has 0 saturated carbocycles. The van der Waals surface area contributed by atoms with E-state index in [-0.39, 0.29) is 23.8 Å². The van der Waals surface area contributed by atoms with Crippen molar-refractivity contribution < 1.29 is 9.59 Å². The van der Waals surface area contributed by atoms with Gasteiger partial charge in [0.15, 0.2) is 0 Å². The molecule has 152 valence electrons. The number of carbonyl (C=O) groups excluding carboxylic acids is 2. The summed E-state index contributed by atoms with van der Waals surface area (Å²) in [5.41, 5.74) is 2.40. The fraction of sp³-hybridized carbons (Fsp3) is 0.636. The number of hydrogen-bond acceptors (Lipinski definition) is 3. The third-order valence-corrected chi connectivity index (χ3v) is 4.72. The van der Waals surface area contributed by atoms with Gasteiger partial charge in [-0.25, -0.2) is 0 Å². The van der Waals surface area contributed by atoms with E-state index < -0.39 is 5.41 Å². The van der Waals surface area contributed by atoms with Crippen molar-refractivity contribution in [3.63, 3.8) is 0 Å². The van der Waals surface area contributed by atoms with Crippen molar-refractivity contribution in [2.75, 3.05) is 24.3 Å². The molecule has 0 bridgehead atoms. The van der Waals surface area contributed by atoms with Crippen molar-refractivity contribution >= 4 is 23.2 Å². The van der Waals surface area contributed by atoms with Gasteiger partial charge >= 0.3 is 0 Å². The standard InChI is InChI=1S/C22H37N3O2/c1-10-16(4)25(21(27)22(5,6)7)14-17-13-18(23-20(26)15(2)3)11-12-19(17)24(8)9/h11-13,15-16H,10,14H2,1-9H3,(H,23,26)/t16-/m1/s1. The van der Waals surface area contributed by atoms with Crippen LogP contribution in [0.3, 0.4) is 0 Å². The summed E-state index contributed by atoms with van der Waals surface area (Å²) in [7, 11) is 3.98. The van der Waals surface area contributed by atoms with E-state index in [4.69, 9.17) is 0 Å².